The number of amides is 1. The normalized spacial score (nSPS) is 20.7. The third-order valence-corrected chi connectivity index (χ3v) is 5.26. The topological polar surface area (TPSA) is 53.6 Å². The second-order valence-electron chi connectivity index (χ2n) is 6.77. The van der Waals surface area contributed by atoms with Crippen LogP contribution in [0, 0.1) is 5.92 Å². The fourth-order valence-corrected chi connectivity index (χ4v) is 3.86. The lowest BCUT2D eigenvalue weighted by Gasteiger charge is -2.30. The number of benzene rings is 1. The van der Waals surface area contributed by atoms with E-state index in [1.165, 1.54) is 18.4 Å². The highest BCUT2D eigenvalue weighted by atomic mass is 16.5. The molecule has 5 nitrogen and oxygen atoms in total. The summed E-state index contributed by atoms with van der Waals surface area (Å²) in [7, 11) is 1.72. The van der Waals surface area contributed by atoms with Crippen LogP contribution in [0.5, 0.6) is 5.75 Å². The first kappa shape index (κ1) is 17.2. The maximum atomic E-state index is 12.5. The van der Waals surface area contributed by atoms with Gasteiger partial charge in [0.05, 0.1) is 13.2 Å². The summed E-state index contributed by atoms with van der Waals surface area (Å²) < 4.78 is 5.56. The van der Waals surface area contributed by atoms with Crippen molar-refractivity contribution in [1.29, 1.82) is 0 Å². The number of nitrogens with one attached hydrogen (secondary N) is 2. The molecule has 2 heterocycles. The number of likely N-dealkylation sites (tertiary alicyclic amines) is 1. The van der Waals surface area contributed by atoms with Gasteiger partial charge in [-0.05, 0) is 57.9 Å². The molecule has 2 aliphatic heterocycles. The molecule has 1 atom stereocenters. The van der Waals surface area contributed by atoms with Crippen molar-refractivity contribution in [3.63, 3.8) is 0 Å². The molecule has 2 saturated heterocycles. The van der Waals surface area contributed by atoms with Gasteiger partial charge in [0.2, 0.25) is 5.91 Å². The predicted octanol–water partition coefficient (Wildman–Crippen LogP) is 1.95. The fraction of sp³-hybridized carbons (Fsp3) is 0.632. The van der Waals surface area contributed by atoms with Crippen LogP contribution < -0.4 is 15.4 Å². The van der Waals surface area contributed by atoms with E-state index in [1.807, 2.05) is 12.1 Å². The second kappa shape index (κ2) is 8.49. The number of piperidine rings is 1. The highest BCUT2D eigenvalue weighted by Crippen LogP contribution is 2.31. The lowest BCUT2D eigenvalue weighted by Crippen LogP contribution is -2.42. The highest BCUT2D eigenvalue weighted by molar-refractivity contribution is 5.78. The minimum atomic E-state index is 0.156. The van der Waals surface area contributed by atoms with Gasteiger partial charge in [-0.3, -0.25) is 9.69 Å². The molecule has 24 heavy (non-hydrogen) atoms. The minimum Gasteiger partial charge on any atom is -0.496 e. The first-order valence-electron chi connectivity index (χ1n) is 9.15. The number of nitrogens with zero attached hydrogens (tertiary/aromatic N) is 1. The Balaban J connectivity index is 1.69. The van der Waals surface area contributed by atoms with Gasteiger partial charge in [-0.2, -0.15) is 0 Å². The Labute approximate surface area is 144 Å². The quantitative estimate of drug-likeness (QED) is 0.837. The van der Waals surface area contributed by atoms with E-state index in [-0.39, 0.29) is 17.9 Å². The van der Waals surface area contributed by atoms with Crippen LogP contribution in [-0.4, -0.2) is 50.6 Å². The molecule has 0 aromatic heterocycles. The van der Waals surface area contributed by atoms with Crippen LogP contribution in [0.2, 0.25) is 0 Å². The van der Waals surface area contributed by atoms with Crippen molar-refractivity contribution in [1.82, 2.24) is 15.5 Å². The largest absolute Gasteiger partial charge is 0.496 e. The number of hydrogen-bond donors (Lipinski definition) is 2. The number of ether oxygens (including phenoxy) is 1. The molecule has 3 rings (SSSR count). The molecule has 0 saturated carbocycles. The Morgan fingerprint density at radius 2 is 2.00 bits per heavy atom. The Morgan fingerprint density at radius 3 is 2.71 bits per heavy atom. The summed E-state index contributed by atoms with van der Waals surface area (Å²) in [5.41, 5.74) is 1.17. The summed E-state index contributed by atoms with van der Waals surface area (Å²) in [6, 6.07) is 8.37. The Bertz CT molecular complexity index is 537. The summed E-state index contributed by atoms with van der Waals surface area (Å²) in [6.07, 6.45) is 4.34. The first-order valence-corrected chi connectivity index (χ1v) is 9.15. The number of rotatable bonds is 6. The van der Waals surface area contributed by atoms with Crippen LogP contribution in [0.1, 0.15) is 37.3 Å². The van der Waals surface area contributed by atoms with Gasteiger partial charge in [0.25, 0.3) is 0 Å². The van der Waals surface area contributed by atoms with E-state index in [0.29, 0.717) is 6.54 Å². The number of carbonyl (C=O) groups excluding carboxylic acids is 1. The molecular weight excluding hydrogens is 302 g/mol. The lowest BCUT2D eigenvalue weighted by atomic mass is 9.97. The van der Waals surface area contributed by atoms with Crippen molar-refractivity contribution in [3.8, 4) is 5.75 Å². The summed E-state index contributed by atoms with van der Waals surface area (Å²) in [6.45, 7) is 4.72. The molecule has 0 aliphatic carbocycles. The summed E-state index contributed by atoms with van der Waals surface area (Å²) in [5.74, 6) is 1.27. The molecule has 5 heteroatoms. The SMILES string of the molecule is COc1ccccc1C(CNC(=O)C1CCNCC1)N1CCCC1. The van der Waals surface area contributed by atoms with E-state index >= 15 is 0 Å². The van der Waals surface area contributed by atoms with Crippen molar-refractivity contribution in [3.05, 3.63) is 29.8 Å². The van der Waals surface area contributed by atoms with Crippen LogP contribution in [-0.2, 0) is 4.79 Å². The zero-order chi connectivity index (χ0) is 16.8. The standard InChI is InChI=1S/C19H29N3O2/c1-24-18-7-3-2-6-16(18)17(22-12-4-5-13-22)14-21-19(23)15-8-10-20-11-9-15/h2-3,6-7,15,17,20H,4-5,8-14H2,1H3,(H,21,23). The summed E-state index contributed by atoms with van der Waals surface area (Å²) >= 11 is 0. The van der Waals surface area contributed by atoms with Crippen molar-refractivity contribution >= 4 is 5.91 Å². The van der Waals surface area contributed by atoms with E-state index in [0.717, 1.165) is 44.8 Å². The van der Waals surface area contributed by atoms with Crippen molar-refractivity contribution in [2.24, 2.45) is 5.92 Å². The Hall–Kier alpha value is -1.59. The molecule has 1 amide bonds. The van der Waals surface area contributed by atoms with Gasteiger partial charge in [0.15, 0.2) is 0 Å². The smallest absolute Gasteiger partial charge is 0.223 e. The number of methoxy groups -OCH3 is 1. The monoisotopic (exact) mass is 331 g/mol. The van der Waals surface area contributed by atoms with E-state index in [2.05, 4.69) is 27.7 Å². The molecule has 0 bridgehead atoms. The lowest BCUT2D eigenvalue weighted by molar-refractivity contribution is -0.126. The van der Waals surface area contributed by atoms with E-state index in [9.17, 15) is 4.79 Å². The minimum absolute atomic E-state index is 0.156. The van der Waals surface area contributed by atoms with E-state index < -0.39 is 0 Å². The van der Waals surface area contributed by atoms with Crippen LogP contribution in [0.25, 0.3) is 0 Å². The zero-order valence-corrected chi connectivity index (χ0v) is 14.6. The Kier molecular flexibility index (Phi) is 6.10. The second-order valence-corrected chi connectivity index (χ2v) is 6.77. The molecule has 0 spiro atoms. The van der Waals surface area contributed by atoms with Crippen LogP contribution in [0.4, 0.5) is 0 Å². The first-order chi connectivity index (χ1) is 11.8. The fourth-order valence-electron chi connectivity index (χ4n) is 3.86. The average Bonchev–Trinajstić information content (AvgIpc) is 3.17. The molecule has 2 aliphatic rings. The van der Waals surface area contributed by atoms with Gasteiger partial charge in [0, 0.05) is 18.0 Å². The molecule has 2 N–H and O–H groups in total. The number of carbonyl (C=O) groups is 1. The predicted molar refractivity (Wildman–Crippen MR) is 95.1 cm³/mol. The zero-order valence-electron chi connectivity index (χ0n) is 14.6. The van der Waals surface area contributed by atoms with Crippen molar-refractivity contribution in [2.45, 2.75) is 31.7 Å². The summed E-state index contributed by atoms with van der Waals surface area (Å²) in [4.78, 5) is 15.0. The van der Waals surface area contributed by atoms with Gasteiger partial charge in [0.1, 0.15) is 5.75 Å². The van der Waals surface area contributed by atoms with Crippen LogP contribution in [0.3, 0.4) is 0 Å². The van der Waals surface area contributed by atoms with Gasteiger partial charge in [-0.15, -0.1) is 0 Å². The van der Waals surface area contributed by atoms with Crippen molar-refractivity contribution in [2.75, 3.05) is 39.8 Å². The number of hydrogen-bond acceptors (Lipinski definition) is 4. The highest BCUT2D eigenvalue weighted by Gasteiger charge is 2.27. The van der Waals surface area contributed by atoms with E-state index in [4.69, 9.17) is 4.74 Å². The van der Waals surface area contributed by atoms with Crippen LogP contribution >= 0.6 is 0 Å². The average molecular weight is 331 g/mol. The molecule has 2 fully saturated rings. The number of para-hydroxylation sites is 1. The molecule has 132 valence electrons. The molecule has 1 aromatic carbocycles. The molecule has 1 unspecified atom stereocenters. The molecule has 0 radical (unpaired) electrons. The maximum absolute atomic E-state index is 12.5. The summed E-state index contributed by atoms with van der Waals surface area (Å²) in [5, 5.41) is 6.53. The molecule has 1 aromatic rings. The Morgan fingerprint density at radius 1 is 1.29 bits per heavy atom. The van der Waals surface area contributed by atoms with Crippen molar-refractivity contribution < 1.29 is 9.53 Å². The maximum Gasteiger partial charge on any atom is 0.223 e. The van der Waals surface area contributed by atoms with Gasteiger partial charge in [-0.25, -0.2) is 0 Å². The van der Waals surface area contributed by atoms with Crippen LogP contribution in [0.15, 0.2) is 24.3 Å². The van der Waals surface area contributed by atoms with Gasteiger partial charge < -0.3 is 15.4 Å². The third-order valence-electron chi connectivity index (χ3n) is 5.26. The van der Waals surface area contributed by atoms with Gasteiger partial charge in [-0.1, -0.05) is 18.2 Å². The molecular formula is C19H29N3O2. The third kappa shape index (κ3) is 4.08. The van der Waals surface area contributed by atoms with E-state index in [1.54, 1.807) is 7.11 Å². The van der Waals surface area contributed by atoms with Gasteiger partial charge >= 0.3 is 0 Å².